The molecular formula is C19H20ClN5O2. The van der Waals surface area contributed by atoms with Gasteiger partial charge in [-0.25, -0.2) is 0 Å². The number of carbonyl (C=O) groups is 2. The lowest BCUT2D eigenvalue weighted by molar-refractivity contribution is -0.124. The van der Waals surface area contributed by atoms with E-state index in [9.17, 15) is 9.59 Å². The summed E-state index contributed by atoms with van der Waals surface area (Å²) in [5.74, 6) is -0.0738. The summed E-state index contributed by atoms with van der Waals surface area (Å²) >= 11 is 5.85. The second-order valence-electron chi connectivity index (χ2n) is 6.46. The van der Waals surface area contributed by atoms with Gasteiger partial charge in [0.05, 0.1) is 6.54 Å². The van der Waals surface area contributed by atoms with E-state index in [0.717, 1.165) is 0 Å². The standard InChI is InChI=1S/C19H20ClN5O2/c1-12(2)17(22-18(26)13-6-8-14(20)9-7-13)19(27)21-11-16-24-23-15-5-3-4-10-25(15)16/h3-10,12,17H,11H2,1-2H3,(H,21,27)(H,22,26). The summed E-state index contributed by atoms with van der Waals surface area (Å²) in [6.07, 6.45) is 1.83. The van der Waals surface area contributed by atoms with Crippen LogP contribution in [0.25, 0.3) is 5.65 Å². The summed E-state index contributed by atoms with van der Waals surface area (Å²) in [5.41, 5.74) is 1.15. The van der Waals surface area contributed by atoms with E-state index in [4.69, 9.17) is 11.6 Å². The first-order valence-corrected chi connectivity index (χ1v) is 8.96. The molecule has 1 unspecified atom stereocenters. The zero-order chi connectivity index (χ0) is 19.4. The molecule has 1 atom stereocenters. The van der Waals surface area contributed by atoms with Crippen LogP contribution in [-0.2, 0) is 11.3 Å². The molecule has 2 amide bonds. The second-order valence-corrected chi connectivity index (χ2v) is 6.90. The molecule has 3 aromatic rings. The quantitative estimate of drug-likeness (QED) is 0.682. The Labute approximate surface area is 161 Å². The number of nitrogens with one attached hydrogen (secondary N) is 2. The van der Waals surface area contributed by atoms with Gasteiger partial charge in [-0.3, -0.25) is 14.0 Å². The molecule has 0 saturated heterocycles. The van der Waals surface area contributed by atoms with E-state index in [-0.39, 0.29) is 24.3 Å². The van der Waals surface area contributed by atoms with Gasteiger partial charge in [0, 0.05) is 16.8 Å². The van der Waals surface area contributed by atoms with Crippen LogP contribution >= 0.6 is 11.6 Å². The zero-order valence-electron chi connectivity index (χ0n) is 15.0. The third-order valence-electron chi connectivity index (χ3n) is 4.15. The van der Waals surface area contributed by atoms with E-state index in [1.165, 1.54) is 0 Å². The maximum Gasteiger partial charge on any atom is 0.251 e. The molecule has 140 valence electrons. The van der Waals surface area contributed by atoms with Gasteiger partial charge < -0.3 is 10.6 Å². The molecule has 0 fully saturated rings. The van der Waals surface area contributed by atoms with Crippen molar-refractivity contribution in [2.24, 2.45) is 5.92 Å². The fourth-order valence-electron chi connectivity index (χ4n) is 2.65. The Morgan fingerprint density at radius 1 is 1.11 bits per heavy atom. The molecule has 3 rings (SSSR count). The molecule has 0 aliphatic carbocycles. The molecule has 1 aromatic carbocycles. The number of rotatable bonds is 6. The minimum Gasteiger partial charge on any atom is -0.347 e. The number of carbonyl (C=O) groups excluding carboxylic acids is 2. The van der Waals surface area contributed by atoms with Crippen LogP contribution in [0.2, 0.25) is 5.02 Å². The highest BCUT2D eigenvalue weighted by Gasteiger charge is 2.25. The monoisotopic (exact) mass is 385 g/mol. The lowest BCUT2D eigenvalue weighted by Crippen LogP contribution is -2.49. The molecule has 0 aliphatic heterocycles. The number of amides is 2. The molecule has 8 heteroatoms. The molecule has 0 aliphatic rings. The third-order valence-corrected chi connectivity index (χ3v) is 4.40. The number of nitrogens with zero attached hydrogens (tertiary/aromatic N) is 3. The van der Waals surface area contributed by atoms with Crippen molar-refractivity contribution >= 4 is 29.1 Å². The van der Waals surface area contributed by atoms with Gasteiger partial charge in [0.2, 0.25) is 5.91 Å². The normalized spacial score (nSPS) is 12.1. The van der Waals surface area contributed by atoms with Gasteiger partial charge in [0.15, 0.2) is 11.5 Å². The van der Waals surface area contributed by atoms with E-state index in [0.29, 0.717) is 22.1 Å². The maximum absolute atomic E-state index is 12.6. The van der Waals surface area contributed by atoms with Gasteiger partial charge in [-0.2, -0.15) is 0 Å². The molecule has 0 radical (unpaired) electrons. The summed E-state index contributed by atoms with van der Waals surface area (Å²) < 4.78 is 1.80. The summed E-state index contributed by atoms with van der Waals surface area (Å²) in [7, 11) is 0. The van der Waals surface area contributed by atoms with Gasteiger partial charge in [0.25, 0.3) is 5.91 Å². The molecule has 0 saturated carbocycles. The highest BCUT2D eigenvalue weighted by atomic mass is 35.5. The number of hydrogen-bond donors (Lipinski definition) is 2. The summed E-state index contributed by atoms with van der Waals surface area (Å²) in [6.45, 7) is 3.96. The molecular weight excluding hydrogens is 366 g/mol. The number of pyridine rings is 1. The number of aromatic nitrogens is 3. The predicted molar refractivity (Wildman–Crippen MR) is 102 cm³/mol. The Bertz CT molecular complexity index is 952. The number of halogens is 1. The first-order chi connectivity index (χ1) is 13.0. The summed E-state index contributed by atoms with van der Waals surface area (Å²) in [6, 6.07) is 11.4. The van der Waals surface area contributed by atoms with Gasteiger partial charge >= 0.3 is 0 Å². The van der Waals surface area contributed by atoms with Crippen LogP contribution in [0.4, 0.5) is 0 Å². The van der Waals surface area contributed by atoms with E-state index in [1.807, 2.05) is 38.2 Å². The highest BCUT2D eigenvalue weighted by molar-refractivity contribution is 6.30. The van der Waals surface area contributed by atoms with Crippen LogP contribution in [0.1, 0.15) is 30.0 Å². The Hall–Kier alpha value is -2.93. The van der Waals surface area contributed by atoms with Crippen LogP contribution in [0.15, 0.2) is 48.7 Å². The van der Waals surface area contributed by atoms with Crippen molar-refractivity contribution in [1.29, 1.82) is 0 Å². The Balaban J connectivity index is 1.66. The van der Waals surface area contributed by atoms with E-state index >= 15 is 0 Å². The molecule has 0 spiro atoms. The molecule has 0 bridgehead atoms. The zero-order valence-corrected chi connectivity index (χ0v) is 15.8. The molecule has 2 heterocycles. The first kappa shape index (κ1) is 18.8. The lowest BCUT2D eigenvalue weighted by atomic mass is 10.0. The smallest absolute Gasteiger partial charge is 0.251 e. The molecule has 7 nitrogen and oxygen atoms in total. The Morgan fingerprint density at radius 2 is 1.85 bits per heavy atom. The van der Waals surface area contributed by atoms with Crippen LogP contribution in [0.3, 0.4) is 0 Å². The maximum atomic E-state index is 12.6. The average Bonchev–Trinajstić information content (AvgIpc) is 3.07. The summed E-state index contributed by atoms with van der Waals surface area (Å²) in [4.78, 5) is 25.1. The Morgan fingerprint density at radius 3 is 2.56 bits per heavy atom. The van der Waals surface area contributed by atoms with E-state index < -0.39 is 6.04 Å². The highest BCUT2D eigenvalue weighted by Crippen LogP contribution is 2.11. The van der Waals surface area contributed by atoms with Gasteiger partial charge in [-0.15, -0.1) is 10.2 Å². The molecule has 2 N–H and O–H groups in total. The fourth-order valence-corrected chi connectivity index (χ4v) is 2.77. The van der Waals surface area contributed by atoms with Crippen molar-refractivity contribution in [2.75, 3.05) is 0 Å². The first-order valence-electron chi connectivity index (χ1n) is 8.58. The van der Waals surface area contributed by atoms with Crippen molar-refractivity contribution in [1.82, 2.24) is 25.2 Å². The van der Waals surface area contributed by atoms with Crippen molar-refractivity contribution < 1.29 is 9.59 Å². The van der Waals surface area contributed by atoms with Crippen LogP contribution in [0.5, 0.6) is 0 Å². The Kier molecular flexibility index (Phi) is 5.71. The van der Waals surface area contributed by atoms with Gasteiger partial charge in [-0.05, 0) is 42.3 Å². The summed E-state index contributed by atoms with van der Waals surface area (Å²) in [5, 5.41) is 14.3. The topological polar surface area (TPSA) is 88.4 Å². The van der Waals surface area contributed by atoms with Gasteiger partial charge in [0.1, 0.15) is 6.04 Å². The fraction of sp³-hybridized carbons (Fsp3) is 0.263. The minimum absolute atomic E-state index is 0.0867. The van der Waals surface area contributed by atoms with Gasteiger partial charge in [-0.1, -0.05) is 31.5 Å². The van der Waals surface area contributed by atoms with E-state index in [2.05, 4.69) is 20.8 Å². The number of fused-ring (bicyclic) bond motifs is 1. The SMILES string of the molecule is CC(C)C(NC(=O)c1ccc(Cl)cc1)C(=O)NCc1nnc2ccccn12. The van der Waals surface area contributed by atoms with Crippen molar-refractivity contribution in [3.8, 4) is 0 Å². The number of benzene rings is 1. The number of hydrogen-bond acceptors (Lipinski definition) is 4. The van der Waals surface area contributed by atoms with Crippen molar-refractivity contribution in [2.45, 2.75) is 26.4 Å². The third kappa shape index (κ3) is 4.43. The lowest BCUT2D eigenvalue weighted by Gasteiger charge is -2.21. The van der Waals surface area contributed by atoms with E-state index in [1.54, 1.807) is 28.7 Å². The molecule has 2 aromatic heterocycles. The van der Waals surface area contributed by atoms with Crippen LogP contribution in [0, 0.1) is 5.92 Å². The average molecular weight is 386 g/mol. The molecule has 27 heavy (non-hydrogen) atoms. The van der Waals surface area contributed by atoms with Crippen molar-refractivity contribution in [3.05, 3.63) is 65.1 Å². The second kappa shape index (κ2) is 8.18. The van der Waals surface area contributed by atoms with Crippen LogP contribution in [-0.4, -0.2) is 32.5 Å². The van der Waals surface area contributed by atoms with Crippen molar-refractivity contribution in [3.63, 3.8) is 0 Å². The predicted octanol–water partition coefficient (Wildman–Crippen LogP) is 2.45. The minimum atomic E-state index is -0.674. The largest absolute Gasteiger partial charge is 0.347 e. The van der Waals surface area contributed by atoms with Crippen LogP contribution < -0.4 is 10.6 Å².